The van der Waals surface area contributed by atoms with Crippen molar-refractivity contribution in [3.8, 4) is 17.3 Å². The van der Waals surface area contributed by atoms with E-state index in [1.807, 2.05) is 45.0 Å². The van der Waals surface area contributed by atoms with E-state index in [0.29, 0.717) is 16.4 Å². The molecule has 1 saturated carbocycles. The van der Waals surface area contributed by atoms with Gasteiger partial charge in [0, 0.05) is 17.6 Å². The fourth-order valence-electron chi connectivity index (χ4n) is 3.19. The van der Waals surface area contributed by atoms with Gasteiger partial charge in [-0.3, -0.25) is 0 Å². The van der Waals surface area contributed by atoms with Crippen LogP contribution in [-0.2, 0) is 10.3 Å². The average molecular weight is 384 g/mol. The van der Waals surface area contributed by atoms with Crippen LogP contribution in [0, 0.1) is 11.3 Å². The highest BCUT2D eigenvalue weighted by Gasteiger charge is 2.52. The number of aromatic nitrogens is 1. The van der Waals surface area contributed by atoms with Gasteiger partial charge in [0.25, 0.3) is 0 Å². The second kappa shape index (κ2) is 6.86. The third kappa shape index (κ3) is 3.91. The van der Waals surface area contributed by atoms with Crippen molar-refractivity contribution in [2.45, 2.75) is 44.8 Å². The molecule has 1 aliphatic rings. The molecule has 0 atom stereocenters. The number of rotatable bonds is 3. The van der Waals surface area contributed by atoms with E-state index in [1.165, 1.54) is 0 Å². The van der Waals surface area contributed by atoms with Gasteiger partial charge in [-0.2, -0.15) is 5.26 Å². The lowest BCUT2D eigenvalue weighted by Crippen LogP contribution is -2.41. The summed E-state index contributed by atoms with van der Waals surface area (Å²) < 4.78 is 5.56. The van der Waals surface area contributed by atoms with Crippen LogP contribution in [0.15, 0.2) is 36.4 Å². The predicted molar refractivity (Wildman–Crippen MR) is 104 cm³/mol. The van der Waals surface area contributed by atoms with Crippen LogP contribution in [0.3, 0.4) is 0 Å². The first kappa shape index (κ1) is 19.2. The topological polar surface area (TPSA) is 66.2 Å². The number of amides is 1. The molecule has 6 heteroatoms. The van der Waals surface area contributed by atoms with Crippen LogP contribution in [0.25, 0.3) is 11.3 Å². The Kier molecular flexibility index (Phi) is 4.88. The number of ether oxygens (including phenoxy) is 1. The van der Waals surface area contributed by atoms with Crippen LogP contribution in [0.2, 0.25) is 5.02 Å². The van der Waals surface area contributed by atoms with Crippen LogP contribution < -0.4 is 0 Å². The van der Waals surface area contributed by atoms with Crippen LogP contribution in [0.4, 0.5) is 4.79 Å². The Morgan fingerprint density at radius 1 is 1.30 bits per heavy atom. The summed E-state index contributed by atoms with van der Waals surface area (Å²) in [4.78, 5) is 18.7. The van der Waals surface area contributed by atoms with Crippen LogP contribution in [0.1, 0.15) is 44.9 Å². The summed E-state index contributed by atoms with van der Waals surface area (Å²) in [6.45, 7) is 5.55. The molecule has 2 aromatic rings. The molecule has 5 nitrogen and oxygen atoms in total. The van der Waals surface area contributed by atoms with Crippen molar-refractivity contribution in [2.75, 3.05) is 7.05 Å². The molecular weight excluding hydrogens is 362 g/mol. The molecule has 0 bridgehead atoms. The minimum absolute atomic E-state index is 0.337. The number of carbonyl (C=O) groups is 1. The molecular formula is C21H22ClN3O2. The average Bonchev–Trinajstić information content (AvgIpc) is 3.41. The van der Waals surface area contributed by atoms with Crippen LogP contribution in [0.5, 0.6) is 0 Å². The molecule has 0 unspecified atom stereocenters. The summed E-state index contributed by atoms with van der Waals surface area (Å²) in [7, 11) is 1.76. The normalized spacial score (nSPS) is 15.0. The Balaban J connectivity index is 2.04. The zero-order valence-electron chi connectivity index (χ0n) is 15.9. The number of nitriles is 1. The van der Waals surface area contributed by atoms with Gasteiger partial charge in [0.15, 0.2) is 0 Å². The van der Waals surface area contributed by atoms with Gasteiger partial charge in [-0.25, -0.2) is 9.78 Å². The third-order valence-electron chi connectivity index (χ3n) is 4.66. The van der Waals surface area contributed by atoms with E-state index in [4.69, 9.17) is 21.6 Å². The van der Waals surface area contributed by atoms with Gasteiger partial charge in [0.2, 0.25) is 0 Å². The molecule has 140 valence electrons. The summed E-state index contributed by atoms with van der Waals surface area (Å²) >= 11 is 6.24. The summed E-state index contributed by atoms with van der Waals surface area (Å²) in [5.41, 5.74) is 1.77. The third-order valence-corrected chi connectivity index (χ3v) is 4.89. The first-order chi connectivity index (χ1) is 12.7. The molecule has 1 aromatic heterocycles. The van der Waals surface area contributed by atoms with E-state index in [-0.39, 0.29) is 6.09 Å². The maximum atomic E-state index is 12.7. The summed E-state index contributed by atoms with van der Waals surface area (Å²) in [6, 6.07) is 13.0. The van der Waals surface area contributed by atoms with Crippen molar-refractivity contribution in [1.82, 2.24) is 9.88 Å². The predicted octanol–water partition coefficient (Wildman–Crippen LogP) is 5.13. The van der Waals surface area contributed by atoms with E-state index in [1.54, 1.807) is 24.1 Å². The lowest BCUT2D eigenvalue weighted by molar-refractivity contribution is 0.0190. The number of pyridine rings is 1. The number of benzene rings is 1. The van der Waals surface area contributed by atoms with Crippen molar-refractivity contribution in [1.29, 1.82) is 5.26 Å². The van der Waals surface area contributed by atoms with Crippen molar-refractivity contribution in [3.63, 3.8) is 0 Å². The Morgan fingerprint density at radius 2 is 2.00 bits per heavy atom. The van der Waals surface area contributed by atoms with Gasteiger partial charge in [-0.05, 0) is 63.4 Å². The van der Waals surface area contributed by atoms with Gasteiger partial charge in [-0.15, -0.1) is 0 Å². The second-order valence-electron chi connectivity index (χ2n) is 7.78. The zero-order chi connectivity index (χ0) is 19.8. The maximum Gasteiger partial charge on any atom is 0.410 e. The largest absolute Gasteiger partial charge is 0.444 e. The van der Waals surface area contributed by atoms with E-state index in [9.17, 15) is 4.79 Å². The lowest BCUT2D eigenvalue weighted by atomic mass is 9.95. The van der Waals surface area contributed by atoms with Gasteiger partial charge >= 0.3 is 6.09 Å². The lowest BCUT2D eigenvalue weighted by Gasteiger charge is -2.32. The Hall–Kier alpha value is -2.58. The Morgan fingerprint density at radius 3 is 2.59 bits per heavy atom. The SMILES string of the molecule is CN(C(=O)OC(C)(C)C)C1(c2ccc(Cl)cc2-c2cccc(C#N)n2)CC1. The van der Waals surface area contributed by atoms with Crippen molar-refractivity contribution in [2.24, 2.45) is 0 Å². The number of nitrogens with zero attached hydrogens (tertiary/aromatic N) is 3. The highest BCUT2D eigenvalue weighted by Crippen LogP contribution is 2.53. The van der Waals surface area contributed by atoms with Gasteiger partial charge in [0.1, 0.15) is 17.4 Å². The Labute approximate surface area is 164 Å². The molecule has 0 spiro atoms. The highest BCUT2D eigenvalue weighted by molar-refractivity contribution is 6.30. The highest BCUT2D eigenvalue weighted by atomic mass is 35.5. The maximum absolute atomic E-state index is 12.7. The molecule has 1 heterocycles. The minimum Gasteiger partial charge on any atom is -0.444 e. The first-order valence-corrected chi connectivity index (χ1v) is 9.18. The number of hydrogen-bond donors (Lipinski definition) is 0. The van der Waals surface area contributed by atoms with Crippen LogP contribution >= 0.6 is 11.6 Å². The van der Waals surface area contributed by atoms with Crippen molar-refractivity contribution >= 4 is 17.7 Å². The molecule has 1 aliphatic carbocycles. The molecule has 0 radical (unpaired) electrons. The fraction of sp³-hybridized carbons (Fsp3) is 0.381. The van der Waals surface area contributed by atoms with Gasteiger partial charge in [-0.1, -0.05) is 23.7 Å². The van der Waals surface area contributed by atoms with Gasteiger partial charge in [0.05, 0.1) is 11.2 Å². The monoisotopic (exact) mass is 383 g/mol. The standard InChI is InChI=1S/C21H22ClN3O2/c1-20(2,3)27-19(26)25(4)21(10-11-21)17-9-8-14(22)12-16(17)18-7-5-6-15(13-23)24-18/h5-9,12H,10-11H2,1-4H3. The molecule has 3 rings (SSSR count). The quantitative estimate of drug-likeness (QED) is 0.736. The molecule has 1 amide bonds. The molecule has 0 N–H and O–H groups in total. The molecule has 0 aliphatic heterocycles. The summed E-state index contributed by atoms with van der Waals surface area (Å²) in [5.74, 6) is 0. The van der Waals surface area contributed by atoms with Crippen molar-refractivity contribution in [3.05, 3.63) is 52.7 Å². The second-order valence-corrected chi connectivity index (χ2v) is 8.22. The summed E-state index contributed by atoms with van der Waals surface area (Å²) in [6.07, 6.45) is 1.30. The van der Waals surface area contributed by atoms with Crippen molar-refractivity contribution < 1.29 is 9.53 Å². The molecule has 27 heavy (non-hydrogen) atoms. The fourth-order valence-corrected chi connectivity index (χ4v) is 3.36. The number of halogens is 1. The first-order valence-electron chi connectivity index (χ1n) is 8.81. The molecule has 1 fully saturated rings. The van der Waals surface area contributed by atoms with E-state index in [0.717, 1.165) is 24.0 Å². The van der Waals surface area contributed by atoms with E-state index >= 15 is 0 Å². The van der Waals surface area contributed by atoms with Crippen LogP contribution in [-0.4, -0.2) is 28.6 Å². The number of hydrogen-bond acceptors (Lipinski definition) is 4. The van der Waals surface area contributed by atoms with Gasteiger partial charge < -0.3 is 9.64 Å². The minimum atomic E-state index is -0.563. The van der Waals surface area contributed by atoms with E-state index < -0.39 is 11.1 Å². The zero-order valence-corrected chi connectivity index (χ0v) is 16.7. The number of carbonyl (C=O) groups excluding carboxylic acids is 1. The molecule has 1 aromatic carbocycles. The smallest absolute Gasteiger partial charge is 0.410 e. The summed E-state index contributed by atoms with van der Waals surface area (Å²) in [5, 5.41) is 9.74. The Bertz CT molecular complexity index is 924. The molecule has 0 saturated heterocycles. The van der Waals surface area contributed by atoms with E-state index in [2.05, 4.69) is 11.1 Å².